The highest BCUT2D eigenvalue weighted by Gasteiger charge is 2.19. The summed E-state index contributed by atoms with van der Waals surface area (Å²) in [5.41, 5.74) is 9.54. The highest BCUT2D eigenvalue weighted by atomic mass is 79.9. The minimum Gasteiger partial charge on any atom is -0.489 e. The smallest absolute Gasteiger partial charge is 0.248 e. The van der Waals surface area contributed by atoms with Crippen molar-refractivity contribution in [1.29, 1.82) is 0 Å². The van der Waals surface area contributed by atoms with Gasteiger partial charge in [0.05, 0.1) is 5.69 Å². The summed E-state index contributed by atoms with van der Waals surface area (Å²) in [6.45, 7) is 7.41. The Morgan fingerprint density at radius 1 is 0.516 bits per heavy atom. The summed E-state index contributed by atoms with van der Waals surface area (Å²) in [6, 6.07) is 61.6. The first-order valence-electron chi connectivity index (χ1n) is 20.9. The summed E-state index contributed by atoms with van der Waals surface area (Å²) in [6.07, 6.45) is 0. The van der Waals surface area contributed by atoms with E-state index in [1.54, 1.807) is 0 Å². The second-order valence-electron chi connectivity index (χ2n) is 16.7. The van der Waals surface area contributed by atoms with Crippen molar-refractivity contribution >= 4 is 65.3 Å². The molecule has 0 aliphatic carbocycles. The third-order valence-corrected chi connectivity index (χ3v) is 12.1. The lowest BCUT2D eigenvalue weighted by Gasteiger charge is -2.28. The van der Waals surface area contributed by atoms with Crippen molar-refractivity contribution in [3.05, 3.63) is 198 Å². The first-order chi connectivity index (χ1) is 30.3. The molecule has 1 heterocycles. The lowest BCUT2D eigenvalue weighted by atomic mass is 9.87. The Kier molecular flexibility index (Phi) is 10.4. The van der Waals surface area contributed by atoms with Crippen LogP contribution in [0, 0.1) is 0 Å². The quantitative estimate of drug-likeness (QED) is 0.0900. The molecule has 0 unspecified atom stereocenters. The van der Waals surface area contributed by atoms with Crippen LogP contribution in [-0.4, -0.2) is 10.2 Å². The highest BCUT2D eigenvalue weighted by molar-refractivity contribution is 9.08. The lowest BCUT2D eigenvalue weighted by molar-refractivity contribution is 0.289. The van der Waals surface area contributed by atoms with E-state index in [-0.39, 0.29) is 5.41 Å². The van der Waals surface area contributed by atoms with Gasteiger partial charge in [0.1, 0.15) is 24.7 Å². The molecule has 0 atom stereocenters. The molecule has 0 bridgehead atoms. The Balaban J connectivity index is 0.827. The number of ether oxygens (including phenoxy) is 2. The first-order valence-corrected chi connectivity index (χ1v) is 22.0. The van der Waals surface area contributed by atoms with Crippen molar-refractivity contribution in [3.63, 3.8) is 0 Å². The molecule has 10 rings (SSSR count). The topological polar surface area (TPSA) is 60.6 Å². The Hall–Kier alpha value is -6.96. The van der Waals surface area contributed by atoms with E-state index >= 15 is 0 Å². The zero-order valence-corrected chi connectivity index (χ0v) is 36.4. The molecule has 6 nitrogen and oxygen atoms in total. The number of alkyl halides is 1. The van der Waals surface area contributed by atoms with Crippen LogP contribution in [-0.2, 0) is 24.0 Å². The number of halogens is 1. The van der Waals surface area contributed by atoms with Crippen molar-refractivity contribution in [3.8, 4) is 34.4 Å². The molecule has 1 aromatic heterocycles. The molecule has 0 saturated carbocycles. The Morgan fingerprint density at radius 3 is 1.65 bits per heavy atom. The fourth-order valence-electron chi connectivity index (χ4n) is 8.18. The maximum atomic E-state index is 6.40. The van der Waals surface area contributed by atoms with E-state index in [4.69, 9.17) is 13.9 Å². The minimum absolute atomic E-state index is 0.0776. The summed E-state index contributed by atoms with van der Waals surface area (Å²) in [4.78, 5) is 2.35. The van der Waals surface area contributed by atoms with E-state index < -0.39 is 0 Å². The Labute approximate surface area is 369 Å². The minimum atomic E-state index is 0.0776. The van der Waals surface area contributed by atoms with Gasteiger partial charge in [0.25, 0.3) is 0 Å². The van der Waals surface area contributed by atoms with Crippen LogP contribution in [0.1, 0.15) is 43.0 Å². The Morgan fingerprint density at radius 2 is 1.05 bits per heavy atom. The monoisotopic (exact) mass is 873 g/mol. The maximum absolute atomic E-state index is 6.40. The molecule has 0 saturated heterocycles. The van der Waals surface area contributed by atoms with Crippen molar-refractivity contribution in [1.82, 2.24) is 10.2 Å². The number of anilines is 3. The van der Waals surface area contributed by atoms with Gasteiger partial charge in [0.15, 0.2) is 0 Å². The number of hydrogen-bond acceptors (Lipinski definition) is 6. The van der Waals surface area contributed by atoms with Gasteiger partial charge in [-0.15, -0.1) is 10.2 Å². The SMILES string of the molecule is CC(C)(C)c1ccc(-c2nnc(-c3ccc(COc4cc(CBr)cc(OCc5ccc(N(c6ccccc6)c6ccc7ccc8cccc9ccc6c7c89)cc5)c4)cc3)o2)cc1. The summed E-state index contributed by atoms with van der Waals surface area (Å²) in [5.74, 6) is 2.46. The molecule has 0 radical (unpaired) electrons. The molecular weight excluding hydrogens is 831 g/mol. The van der Waals surface area contributed by atoms with Crippen molar-refractivity contribution in [2.24, 2.45) is 0 Å². The summed E-state index contributed by atoms with van der Waals surface area (Å²) >= 11 is 3.63. The van der Waals surface area contributed by atoms with Gasteiger partial charge >= 0.3 is 0 Å². The largest absolute Gasteiger partial charge is 0.489 e. The average molecular weight is 875 g/mol. The molecule has 0 fully saturated rings. The zero-order chi connectivity index (χ0) is 42.2. The number of benzene rings is 9. The Bertz CT molecular complexity index is 3120. The number of para-hydroxylation sites is 1. The van der Waals surface area contributed by atoms with E-state index in [1.165, 1.54) is 37.9 Å². The number of rotatable bonds is 12. The van der Waals surface area contributed by atoms with Gasteiger partial charge < -0.3 is 18.8 Å². The van der Waals surface area contributed by atoms with Crippen LogP contribution < -0.4 is 14.4 Å². The standard InChI is InChI=1S/C55H44BrN3O3/c1-55(2,3)44-24-20-43(21-25-44)54-58-57-53(62-54)42-16-12-36(13-17-42)34-60-47-30-38(33-56)31-48(32-47)61-35-37-14-26-46(27-15-37)59(45-10-5-4-6-11-45)50-29-23-41-19-18-39-8-7-9-40-22-28-49(50)52(41)51(39)40/h4-32H,33-35H2,1-3H3. The van der Waals surface area contributed by atoms with Gasteiger partial charge in [-0.05, 0) is 121 Å². The van der Waals surface area contributed by atoms with E-state index in [2.05, 4.69) is 173 Å². The molecule has 10 aromatic rings. The second-order valence-corrected chi connectivity index (χ2v) is 17.3. The van der Waals surface area contributed by atoms with Crippen LogP contribution in [0.5, 0.6) is 11.5 Å². The molecule has 9 aromatic carbocycles. The van der Waals surface area contributed by atoms with E-state index in [0.717, 1.165) is 56.4 Å². The number of nitrogens with zero attached hydrogens (tertiary/aromatic N) is 3. The van der Waals surface area contributed by atoms with Gasteiger partial charge in [-0.25, -0.2) is 0 Å². The van der Waals surface area contributed by atoms with Gasteiger partial charge in [-0.1, -0.05) is 140 Å². The second kappa shape index (κ2) is 16.5. The predicted molar refractivity (Wildman–Crippen MR) is 256 cm³/mol. The van der Waals surface area contributed by atoms with E-state index in [9.17, 15) is 0 Å². The average Bonchev–Trinajstić information content (AvgIpc) is 3.81. The van der Waals surface area contributed by atoms with Gasteiger partial charge in [0.2, 0.25) is 11.8 Å². The fourth-order valence-corrected chi connectivity index (χ4v) is 8.50. The normalized spacial score (nSPS) is 11.7. The molecule has 0 spiro atoms. The summed E-state index contributed by atoms with van der Waals surface area (Å²) in [5, 5.41) is 16.9. The molecule has 7 heteroatoms. The van der Waals surface area contributed by atoms with Crippen LogP contribution in [0.15, 0.2) is 180 Å². The van der Waals surface area contributed by atoms with Gasteiger partial charge in [0, 0.05) is 39.3 Å². The highest BCUT2D eigenvalue weighted by Crippen LogP contribution is 2.44. The van der Waals surface area contributed by atoms with Gasteiger partial charge in [-0.2, -0.15) is 0 Å². The van der Waals surface area contributed by atoms with Crippen LogP contribution >= 0.6 is 15.9 Å². The molecule has 304 valence electrons. The predicted octanol–water partition coefficient (Wildman–Crippen LogP) is 15.1. The number of hydrogen-bond donors (Lipinski definition) is 0. The maximum Gasteiger partial charge on any atom is 0.248 e. The zero-order valence-electron chi connectivity index (χ0n) is 34.8. The molecule has 0 N–H and O–H groups in total. The molecular formula is C55H44BrN3O3. The number of aromatic nitrogens is 2. The molecule has 62 heavy (non-hydrogen) atoms. The summed E-state index contributed by atoms with van der Waals surface area (Å²) < 4.78 is 18.8. The van der Waals surface area contributed by atoms with Gasteiger partial charge in [-0.3, -0.25) is 0 Å². The summed E-state index contributed by atoms with van der Waals surface area (Å²) in [7, 11) is 0. The lowest BCUT2D eigenvalue weighted by Crippen LogP contribution is -2.10. The first kappa shape index (κ1) is 39.2. The molecule has 0 aliphatic heterocycles. The molecule has 0 aliphatic rings. The van der Waals surface area contributed by atoms with Crippen LogP contribution in [0.4, 0.5) is 17.1 Å². The molecule has 0 amide bonds. The van der Waals surface area contributed by atoms with Crippen molar-refractivity contribution in [2.75, 3.05) is 4.90 Å². The van der Waals surface area contributed by atoms with Crippen LogP contribution in [0.2, 0.25) is 0 Å². The van der Waals surface area contributed by atoms with E-state index in [0.29, 0.717) is 30.3 Å². The third kappa shape index (κ3) is 7.88. The fraction of sp³-hybridized carbons (Fsp3) is 0.127. The van der Waals surface area contributed by atoms with Crippen LogP contribution in [0.25, 0.3) is 55.2 Å². The van der Waals surface area contributed by atoms with Crippen molar-refractivity contribution < 1.29 is 13.9 Å². The van der Waals surface area contributed by atoms with Crippen molar-refractivity contribution in [2.45, 2.75) is 44.7 Å². The van der Waals surface area contributed by atoms with E-state index in [1.807, 2.05) is 54.6 Å². The third-order valence-electron chi connectivity index (χ3n) is 11.5. The van der Waals surface area contributed by atoms with Crippen LogP contribution in [0.3, 0.4) is 0 Å².